The number of hydrogen-bond acceptors (Lipinski definition) is 6. The van der Waals surface area contributed by atoms with Gasteiger partial charge in [-0.3, -0.25) is 9.59 Å². The van der Waals surface area contributed by atoms with Crippen molar-refractivity contribution in [3.8, 4) is 0 Å². The van der Waals surface area contributed by atoms with E-state index in [-0.39, 0.29) is 12.0 Å². The third-order valence-electron chi connectivity index (χ3n) is 6.01. The summed E-state index contributed by atoms with van der Waals surface area (Å²) in [6, 6.07) is 16.6. The Labute approximate surface area is 170 Å². The number of carbonyl (C=O) groups excluding carboxylic acids is 2. The maximum Gasteiger partial charge on any atom is 0.329 e. The smallest absolute Gasteiger partial charge is 0.329 e. The van der Waals surface area contributed by atoms with Crippen LogP contribution in [0.2, 0.25) is 0 Å². The molecule has 0 saturated carbocycles. The zero-order valence-corrected chi connectivity index (χ0v) is 16.8. The molecular formula is C23H26N2O4. The quantitative estimate of drug-likeness (QED) is 0.590. The third kappa shape index (κ3) is 3.79. The van der Waals surface area contributed by atoms with Crippen LogP contribution in [-0.2, 0) is 32.0 Å². The summed E-state index contributed by atoms with van der Waals surface area (Å²) in [5, 5.41) is 2.99. The van der Waals surface area contributed by atoms with Crippen molar-refractivity contribution in [2.24, 2.45) is 0 Å². The summed E-state index contributed by atoms with van der Waals surface area (Å²) in [6.07, 6.45) is 1.62. The van der Waals surface area contributed by atoms with Gasteiger partial charge in [-0.25, -0.2) is 0 Å². The fraction of sp³-hybridized carbons (Fsp3) is 0.391. The molecule has 1 fully saturated rings. The van der Waals surface area contributed by atoms with Crippen LogP contribution in [0.5, 0.6) is 0 Å². The van der Waals surface area contributed by atoms with Crippen LogP contribution in [0.3, 0.4) is 0 Å². The average molecular weight is 394 g/mol. The second-order valence-corrected chi connectivity index (χ2v) is 7.66. The van der Waals surface area contributed by atoms with Crippen molar-refractivity contribution in [3.05, 3.63) is 59.7 Å². The Balaban J connectivity index is 1.59. The summed E-state index contributed by atoms with van der Waals surface area (Å²) in [4.78, 5) is 25.5. The highest BCUT2D eigenvalue weighted by Gasteiger charge is 2.41. The summed E-state index contributed by atoms with van der Waals surface area (Å²) < 4.78 is 10.1. The first-order chi connectivity index (χ1) is 14.0. The van der Waals surface area contributed by atoms with Gasteiger partial charge in [0.2, 0.25) is 0 Å². The van der Waals surface area contributed by atoms with E-state index in [2.05, 4.69) is 60.5 Å². The summed E-state index contributed by atoms with van der Waals surface area (Å²) in [5.41, 5.74) is 4.58. The summed E-state index contributed by atoms with van der Waals surface area (Å²) in [6.45, 7) is 5.35. The number of nitrogens with zero attached hydrogens (tertiary/aromatic N) is 1. The second-order valence-electron chi connectivity index (χ2n) is 7.66. The highest BCUT2D eigenvalue weighted by Crippen LogP contribution is 2.44. The van der Waals surface area contributed by atoms with Crippen molar-refractivity contribution in [2.45, 2.75) is 58.0 Å². The van der Waals surface area contributed by atoms with E-state index in [0.717, 1.165) is 31.5 Å². The first-order valence-electron chi connectivity index (χ1n) is 10.1. The lowest BCUT2D eigenvalue weighted by atomic mass is 9.88. The number of cyclic esters (lactones) is 2. The van der Waals surface area contributed by atoms with Gasteiger partial charge in [0.25, 0.3) is 0 Å². The molecule has 1 N–H and O–H groups in total. The van der Waals surface area contributed by atoms with Gasteiger partial charge >= 0.3 is 18.4 Å². The largest absolute Gasteiger partial charge is 0.406 e. The Morgan fingerprint density at radius 1 is 1.03 bits per heavy atom. The minimum absolute atomic E-state index is 0.0700. The molecule has 6 nitrogen and oxygen atoms in total. The van der Waals surface area contributed by atoms with Gasteiger partial charge in [-0.2, -0.15) is 0 Å². The minimum atomic E-state index is -1.08. The van der Waals surface area contributed by atoms with Gasteiger partial charge in [0.15, 0.2) is 0 Å². The highest BCUT2D eigenvalue weighted by molar-refractivity contribution is 5.92. The Hall–Kier alpha value is -3.02. The van der Waals surface area contributed by atoms with Gasteiger partial charge in [-0.05, 0) is 48.6 Å². The number of fused-ring (bicyclic) bond motifs is 1. The van der Waals surface area contributed by atoms with Crippen LogP contribution in [0.4, 0.5) is 11.4 Å². The van der Waals surface area contributed by atoms with E-state index in [4.69, 9.17) is 9.47 Å². The van der Waals surface area contributed by atoms with Crippen LogP contribution in [0.25, 0.3) is 0 Å². The molecule has 2 heterocycles. The highest BCUT2D eigenvalue weighted by atomic mass is 16.7. The number of esters is 2. The van der Waals surface area contributed by atoms with Crippen molar-refractivity contribution < 1.29 is 19.1 Å². The molecule has 0 bridgehead atoms. The fourth-order valence-electron chi connectivity index (χ4n) is 4.35. The fourth-order valence-corrected chi connectivity index (χ4v) is 4.35. The summed E-state index contributed by atoms with van der Waals surface area (Å²) in [5.74, 6) is -1.16. The molecule has 1 saturated heterocycles. The number of benzene rings is 2. The number of nitrogens with one attached hydrogen (secondary N) is 1. The van der Waals surface area contributed by atoms with E-state index in [1.165, 1.54) is 16.8 Å². The summed E-state index contributed by atoms with van der Waals surface area (Å²) in [7, 11) is 0. The lowest BCUT2D eigenvalue weighted by Gasteiger charge is -2.39. The van der Waals surface area contributed by atoms with Crippen LogP contribution >= 0.6 is 0 Å². The molecule has 4 rings (SSSR count). The molecule has 0 amide bonds. The molecule has 29 heavy (non-hydrogen) atoms. The monoisotopic (exact) mass is 394 g/mol. The molecule has 2 aliphatic rings. The second kappa shape index (κ2) is 7.78. The zero-order chi connectivity index (χ0) is 20.4. The van der Waals surface area contributed by atoms with Crippen LogP contribution in [-0.4, -0.2) is 23.9 Å². The predicted molar refractivity (Wildman–Crippen MR) is 110 cm³/mol. The number of carbonyl (C=O) groups is 2. The zero-order valence-electron chi connectivity index (χ0n) is 16.8. The van der Waals surface area contributed by atoms with E-state index in [9.17, 15) is 9.59 Å². The van der Waals surface area contributed by atoms with Crippen molar-refractivity contribution in [1.82, 2.24) is 0 Å². The molecule has 2 aromatic carbocycles. The lowest BCUT2D eigenvalue weighted by molar-refractivity contribution is -0.197. The van der Waals surface area contributed by atoms with E-state index in [1.807, 2.05) is 12.1 Å². The van der Waals surface area contributed by atoms with Crippen molar-refractivity contribution >= 4 is 23.3 Å². The molecule has 152 valence electrons. The van der Waals surface area contributed by atoms with E-state index in [1.54, 1.807) is 0 Å². The van der Waals surface area contributed by atoms with Crippen LogP contribution in [0, 0.1) is 0 Å². The standard InChI is InChI=1S/C23H26N2O4/c1-3-23(4-2)14-17-12-18(24-22-28-20(26)13-21(27)29-22)10-11-19(17)25(23)15-16-8-6-5-7-9-16/h5-12,22,24H,3-4,13-15H2,1-2H3. The Morgan fingerprint density at radius 3 is 2.38 bits per heavy atom. The molecule has 0 atom stereocenters. The predicted octanol–water partition coefficient (Wildman–Crippen LogP) is 3.99. The number of ether oxygens (including phenoxy) is 2. The SMILES string of the molecule is CCC1(CC)Cc2cc(NC3OC(=O)CC(=O)O3)ccc2N1Cc1ccccc1. The van der Waals surface area contributed by atoms with Gasteiger partial charge in [-0.15, -0.1) is 0 Å². The van der Waals surface area contributed by atoms with Gasteiger partial charge < -0.3 is 19.7 Å². The maximum absolute atomic E-state index is 11.5. The first-order valence-corrected chi connectivity index (χ1v) is 10.1. The topological polar surface area (TPSA) is 67.9 Å². The Bertz CT molecular complexity index is 892. The molecular weight excluding hydrogens is 368 g/mol. The molecule has 0 unspecified atom stereocenters. The lowest BCUT2D eigenvalue weighted by Crippen LogP contribution is -2.45. The minimum Gasteiger partial charge on any atom is -0.406 e. The normalized spacial score (nSPS) is 18.2. The molecule has 6 heteroatoms. The molecule has 0 aromatic heterocycles. The number of rotatable bonds is 6. The van der Waals surface area contributed by atoms with Crippen molar-refractivity contribution in [1.29, 1.82) is 0 Å². The molecule has 0 radical (unpaired) electrons. The third-order valence-corrected chi connectivity index (χ3v) is 6.01. The number of hydrogen-bond donors (Lipinski definition) is 1. The average Bonchev–Trinajstić information content (AvgIpc) is 3.01. The van der Waals surface area contributed by atoms with Crippen molar-refractivity contribution in [2.75, 3.05) is 10.2 Å². The van der Waals surface area contributed by atoms with E-state index < -0.39 is 18.4 Å². The van der Waals surface area contributed by atoms with Gasteiger partial charge in [0.1, 0.15) is 6.42 Å². The Morgan fingerprint density at radius 2 is 1.72 bits per heavy atom. The van der Waals surface area contributed by atoms with Crippen LogP contribution in [0.15, 0.2) is 48.5 Å². The van der Waals surface area contributed by atoms with Crippen LogP contribution < -0.4 is 10.2 Å². The van der Waals surface area contributed by atoms with Gasteiger partial charge in [0, 0.05) is 23.5 Å². The molecule has 0 aliphatic carbocycles. The molecule has 2 aromatic rings. The van der Waals surface area contributed by atoms with Crippen LogP contribution in [0.1, 0.15) is 44.2 Å². The maximum atomic E-state index is 11.5. The molecule has 2 aliphatic heterocycles. The van der Waals surface area contributed by atoms with E-state index >= 15 is 0 Å². The van der Waals surface area contributed by atoms with Gasteiger partial charge in [0.05, 0.1) is 0 Å². The number of anilines is 2. The van der Waals surface area contributed by atoms with Crippen molar-refractivity contribution in [3.63, 3.8) is 0 Å². The summed E-state index contributed by atoms with van der Waals surface area (Å²) >= 11 is 0. The van der Waals surface area contributed by atoms with E-state index in [0.29, 0.717) is 0 Å². The first kappa shape index (κ1) is 19.3. The van der Waals surface area contributed by atoms with Gasteiger partial charge in [-0.1, -0.05) is 44.2 Å². The Kier molecular flexibility index (Phi) is 5.18. The molecule has 0 spiro atoms.